The van der Waals surface area contributed by atoms with Crippen molar-refractivity contribution in [2.45, 2.75) is 39.8 Å². The zero-order chi connectivity index (χ0) is 16.2. The molecule has 0 spiro atoms. The molecule has 0 aliphatic carbocycles. The van der Waals surface area contributed by atoms with Gasteiger partial charge < -0.3 is 9.84 Å². The number of hydrogen-bond acceptors (Lipinski definition) is 5. The van der Waals surface area contributed by atoms with E-state index in [-0.39, 0.29) is 6.04 Å². The Bertz CT molecular complexity index is 764. The largest absolute Gasteiger partial charge is 0.338 e. The third kappa shape index (κ3) is 4.06. The number of thiophene rings is 1. The lowest BCUT2D eigenvalue weighted by molar-refractivity contribution is 0.356. The van der Waals surface area contributed by atoms with E-state index in [4.69, 9.17) is 4.52 Å². The van der Waals surface area contributed by atoms with E-state index < -0.39 is 0 Å². The number of nitrogens with zero attached hydrogens (tertiary/aromatic N) is 2. The minimum atomic E-state index is 0.268. The van der Waals surface area contributed by atoms with Crippen molar-refractivity contribution in [3.8, 4) is 0 Å². The first kappa shape index (κ1) is 15.9. The number of nitrogens with one attached hydrogen (secondary N) is 1. The van der Waals surface area contributed by atoms with Crippen LogP contribution in [0.3, 0.4) is 0 Å². The summed E-state index contributed by atoms with van der Waals surface area (Å²) in [5.41, 5.74) is 2.53. The Morgan fingerprint density at radius 1 is 1.22 bits per heavy atom. The molecule has 3 rings (SSSR count). The summed E-state index contributed by atoms with van der Waals surface area (Å²) in [4.78, 5) is 7.16. The summed E-state index contributed by atoms with van der Waals surface area (Å²) >= 11 is 1.83. The van der Waals surface area contributed by atoms with Crippen molar-refractivity contribution < 1.29 is 4.52 Å². The van der Waals surface area contributed by atoms with Gasteiger partial charge in [-0.15, -0.1) is 11.3 Å². The lowest BCUT2D eigenvalue weighted by Gasteiger charge is -2.11. The van der Waals surface area contributed by atoms with Gasteiger partial charge in [-0.3, -0.25) is 0 Å². The number of hydrogen-bond donors (Lipinski definition) is 1. The van der Waals surface area contributed by atoms with Gasteiger partial charge in [-0.2, -0.15) is 4.98 Å². The highest BCUT2D eigenvalue weighted by Gasteiger charge is 2.13. The fourth-order valence-electron chi connectivity index (χ4n) is 2.64. The van der Waals surface area contributed by atoms with Crippen LogP contribution in [0.25, 0.3) is 0 Å². The molecule has 23 heavy (non-hydrogen) atoms. The molecule has 1 atom stereocenters. The molecule has 0 saturated heterocycles. The molecule has 0 radical (unpaired) electrons. The van der Waals surface area contributed by atoms with Crippen LogP contribution in [0.2, 0.25) is 0 Å². The van der Waals surface area contributed by atoms with Crippen molar-refractivity contribution in [3.63, 3.8) is 0 Å². The molecule has 0 aliphatic rings. The average Bonchev–Trinajstić information content (AvgIpc) is 3.12. The summed E-state index contributed by atoms with van der Waals surface area (Å²) in [7, 11) is 0. The zero-order valence-electron chi connectivity index (χ0n) is 13.7. The second kappa shape index (κ2) is 7.06. The van der Waals surface area contributed by atoms with Gasteiger partial charge in [-0.1, -0.05) is 35.5 Å². The molecule has 0 fully saturated rings. The third-order valence-electron chi connectivity index (χ3n) is 3.82. The van der Waals surface area contributed by atoms with Crippen molar-refractivity contribution in [3.05, 3.63) is 69.0 Å². The van der Waals surface area contributed by atoms with Gasteiger partial charge in [-0.25, -0.2) is 0 Å². The summed E-state index contributed by atoms with van der Waals surface area (Å²) in [6, 6.07) is 12.7. The normalized spacial score (nSPS) is 12.5. The van der Waals surface area contributed by atoms with Crippen LogP contribution in [0.5, 0.6) is 0 Å². The van der Waals surface area contributed by atoms with Crippen molar-refractivity contribution in [2.75, 3.05) is 0 Å². The zero-order valence-corrected chi connectivity index (χ0v) is 14.5. The van der Waals surface area contributed by atoms with Gasteiger partial charge in [0.05, 0.1) is 6.54 Å². The van der Waals surface area contributed by atoms with Gasteiger partial charge in [0.15, 0.2) is 5.82 Å². The molecule has 0 amide bonds. The Balaban J connectivity index is 1.58. The van der Waals surface area contributed by atoms with Gasteiger partial charge >= 0.3 is 0 Å². The second-order valence-corrected chi connectivity index (χ2v) is 7.20. The molecule has 120 valence electrons. The summed E-state index contributed by atoms with van der Waals surface area (Å²) in [6.45, 7) is 7.05. The van der Waals surface area contributed by atoms with E-state index in [0.29, 0.717) is 18.9 Å². The first-order chi connectivity index (χ1) is 11.1. The van der Waals surface area contributed by atoms with Crippen LogP contribution in [-0.4, -0.2) is 10.1 Å². The molecule has 2 heterocycles. The van der Waals surface area contributed by atoms with Gasteiger partial charge in [-0.05, 0) is 38.0 Å². The van der Waals surface area contributed by atoms with E-state index in [0.717, 1.165) is 5.82 Å². The molecule has 1 N–H and O–H groups in total. The van der Waals surface area contributed by atoms with Crippen LogP contribution in [0.1, 0.15) is 45.6 Å². The van der Waals surface area contributed by atoms with Crippen molar-refractivity contribution >= 4 is 11.3 Å². The molecule has 4 nitrogen and oxygen atoms in total. The molecule has 2 aromatic heterocycles. The maximum Gasteiger partial charge on any atom is 0.240 e. The number of rotatable bonds is 6. The second-order valence-electron chi connectivity index (χ2n) is 5.74. The summed E-state index contributed by atoms with van der Waals surface area (Å²) in [5, 5.41) is 7.52. The number of aryl methyl sites for hydroxylation is 2. The van der Waals surface area contributed by atoms with E-state index in [2.05, 4.69) is 54.4 Å². The standard InChI is InChI=1S/C18H21N3OS/c1-12-9-16(14(3)23-12)13(2)19-11-18-20-17(21-22-18)10-15-7-5-4-6-8-15/h4-9,13,19H,10-11H2,1-3H3/t13-/m0/s1. The molecular formula is C18H21N3OS. The molecule has 0 bridgehead atoms. The highest BCUT2D eigenvalue weighted by Crippen LogP contribution is 2.26. The Hall–Kier alpha value is -1.98. The van der Waals surface area contributed by atoms with Crippen LogP contribution in [0.15, 0.2) is 40.9 Å². The monoisotopic (exact) mass is 327 g/mol. The SMILES string of the molecule is Cc1cc([C@H](C)NCc2nc(Cc3ccccc3)no2)c(C)s1. The molecule has 5 heteroatoms. The van der Waals surface area contributed by atoms with Crippen molar-refractivity contribution in [1.82, 2.24) is 15.5 Å². The summed E-state index contributed by atoms with van der Waals surface area (Å²) < 4.78 is 5.34. The number of aromatic nitrogens is 2. The molecule has 3 aromatic rings. The summed E-state index contributed by atoms with van der Waals surface area (Å²) in [5.74, 6) is 1.36. The fraction of sp³-hybridized carbons (Fsp3) is 0.333. The van der Waals surface area contributed by atoms with Gasteiger partial charge in [0.1, 0.15) is 0 Å². The van der Waals surface area contributed by atoms with Crippen LogP contribution in [-0.2, 0) is 13.0 Å². The van der Waals surface area contributed by atoms with Gasteiger partial charge in [0.2, 0.25) is 5.89 Å². The highest BCUT2D eigenvalue weighted by atomic mass is 32.1. The van der Waals surface area contributed by atoms with Crippen LogP contribution < -0.4 is 5.32 Å². The van der Waals surface area contributed by atoms with Gasteiger partial charge in [0, 0.05) is 22.2 Å². The average molecular weight is 327 g/mol. The highest BCUT2D eigenvalue weighted by molar-refractivity contribution is 7.12. The van der Waals surface area contributed by atoms with Crippen molar-refractivity contribution in [1.29, 1.82) is 0 Å². The van der Waals surface area contributed by atoms with Crippen LogP contribution in [0, 0.1) is 13.8 Å². The molecule has 0 saturated carbocycles. The molecule has 0 aliphatic heterocycles. The predicted octanol–water partition coefficient (Wildman–Crippen LogP) is 4.19. The fourth-order valence-corrected chi connectivity index (χ4v) is 3.67. The first-order valence-corrected chi connectivity index (χ1v) is 8.59. The Kier molecular flexibility index (Phi) is 4.88. The lowest BCUT2D eigenvalue weighted by atomic mass is 10.1. The van der Waals surface area contributed by atoms with Gasteiger partial charge in [0.25, 0.3) is 0 Å². The first-order valence-electron chi connectivity index (χ1n) is 7.77. The molecule has 1 aromatic carbocycles. The van der Waals surface area contributed by atoms with Crippen molar-refractivity contribution in [2.24, 2.45) is 0 Å². The Labute approximate surface area is 140 Å². The topological polar surface area (TPSA) is 51.0 Å². The molecule has 0 unspecified atom stereocenters. The van der Waals surface area contributed by atoms with E-state index in [1.807, 2.05) is 29.5 Å². The predicted molar refractivity (Wildman–Crippen MR) is 92.6 cm³/mol. The smallest absolute Gasteiger partial charge is 0.240 e. The van der Waals surface area contributed by atoms with Crippen LogP contribution in [0.4, 0.5) is 0 Å². The van der Waals surface area contributed by atoms with E-state index in [1.165, 1.54) is 20.9 Å². The van der Waals surface area contributed by atoms with E-state index in [9.17, 15) is 0 Å². The minimum Gasteiger partial charge on any atom is -0.338 e. The quantitative estimate of drug-likeness (QED) is 0.737. The lowest BCUT2D eigenvalue weighted by Crippen LogP contribution is -2.18. The maximum atomic E-state index is 5.34. The Morgan fingerprint density at radius 2 is 2.00 bits per heavy atom. The van der Waals surface area contributed by atoms with E-state index in [1.54, 1.807) is 0 Å². The Morgan fingerprint density at radius 3 is 2.70 bits per heavy atom. The molecular weight excluding hydrogens is 306 g/mol. The van der Waals surface area contributed by atoms with Crippen LogP contribution >= 0.6 is 11.3 Å². The number of benzene rings is 1. The summed E-state index contributed by atoms with van der Waals surface area (Å²) in [6.07, 6.45) is 0.697. The minimum absolute atomic E-state index is 0.268. The van der Waals surface area contributed by atoms with E-state index >= 15 is 0 Å². The maximum absolute atomic E-state index is 5.34. The third-order valence-corrected chi connectivity index (χ3v) is 4.80.